The van der Waals surface area contributed by atoms with Crippen molar-refractivity contribution < 1.29 is 4.79 Å². The first kappa shape index (κ1) is 14.6. The topological polar surface area (TPSA) is 93.5 Å². The van der Waals surface area contributed by atoms with Crippen molar-refractivity contribution in [3.05, 3.63) is 71.3 Å². The van der Waals surface area contributed by atoms with E-state index in [9.17, 15) is 4.79 Å². The predicted octanol–water partition coefficient (Wildman–Crippen LogP) is 2.07. The van der Waals surface area contributed by atoms with Crippen molar-refractivity contribution in [3.63, 3.8) is 0 Å². The molecule has 0 radical (unpaired) electrons. The van der Waals surface area contributed by atoms with Crippen molar-refractivity contribution in [1.29, 1.82) is 0 Å². The number of aryl methyl sites for hydroxylation is 1. The number of benzene rings is 2. The van der Waals surface area contributed by atoms with E-state index < -0.39 is 6.03 Å². The van der Waals surface area contributed by atoms with Gasteiger partial charge in [-0.3, -0.25) is 0 Å². The standard InChI is InChI=1S/C16H18N4O/c1-11-7-5-6-10-13(11)14(12-8-3-2-4-9-12)19-16(21)20-15(17)18/h2-10,14H,1H3,(H5,17,18,19,20,21). The molecule has 0 bridgehead atoms. The largest absolute Gasteiger partial charge is 0.370 e. The average Bonchev–Trinajstić information content (AvgIpc) is 2.46. The summed E-state index contributed by atoms with van der Waals surface area (Å²) in [6, 6.07) is 16.7. The van der Waals surface area contributed by atoms with Crippen LogP contribution in [-0.4, -0.2) is 12.0 Å². The van der Waals surface area contributed by atoms with Gasteiger partial charge in [-0.15, -0.1) is 0 Å². The Bertz CT molecular complexity index is 648. The van der Waals surface area contributed by atoms with Gasteiger partial charge in [-0.05, 0) is 23.6 Å². The van der Waals surface area contributed by atoms with E-state index in [1.54, 1.807) is 0 Å². The van der Waals surface area contributed by atoms with Gasteiger partial charge in [0.1, 0.15) is 0 Å². The maximum Gasteiger partial charge on any atom is 0.344 e. The summed E-state index contributed by atoms with van der Waals surface area (Å²) in [5.74, 6) is -0.260. The van der Waals surface area contributed by atoms with E-state index in [-0.39, 0.29) is 12.0 Å². The number of nitrogens with zero attached hydrogens (tertiary/aromatic N) is 1. The molecular weight excluding hydrogens is 264 g/mol. The minimum Gasteiger partial charge on any atom is -0.370 e. The number of urea groups is 1. The van der Waals surface area contributed by atoms with Crippen molar-refractivity contribution in [1.82, 2.24) is 5.32 Å². The second-order valence-electron chi connectivity index (χ2n) is 4.69. The molecule has 2 aromatic rings. The zero-order valence-corrected chi connectivity index (χ0v) is 11.8. The van der Waals surface area contributed by atoms with Crippen LogP contribution in [-0.2, 0) is 0 Å². The minimum absolute atomic E-state index is 0.260. The number of nitrogens with two attached hydrogens (primary N) is 2. The monoisotopic (exact) mass is 282 g/mol. The summed E-state index contributed by atoms with van der Waals surface area (Å²) in [4.78, 5) is 15.4. The van der Waals surface area contributed by atoms with Gasteiger partial charge in [0, 0.05) is 0 Å². The van der Waals surface area contributed by atoms with Gasteiger partial charge in [-0.1, -0.05) is 54.6 Å². The maximum absolute atomic E-state index is 11.9. The van der Waals surface area contributed by atoms with E-state index in [4.69, 9.17) is 11.5 Å². The van der Waals surface area contributed by atoms with Crippen LogP contribution in [0.5, 0.6) is 0 Å². The molecule has 0 spiro atoms. The lowest BCUT2D eigenvalue weighted by molar-refractivity contribution is 0.247. The molecular formula is C16H18N4O. The Morgan fingerprint density at radius 2 is 1.67 bits per heavy atom. The molecule has 5 nitrogen and oxygen atoms in total. The third-order valence-electron chi connectivity index (χ3n) is 3.13. The van der Waals surface area contributed by atoms with Gasteiger partial charge < -0.3 is 16.8 Å². The Morgan fingerprint density at radius 1 is 1.05 bits per heavy atom. The lowest BCUT2D eigenvalue weighted by Gasteiger charge is -2.20. The SMILES string of the molecule is Cc1ccccc1C(NC(=O)N=C(N)N)c1ccccc1. The van der Waals surface area contributed by atoms with E-state index in [1.807, 2.05) is 61.5 Å². The van der Waals surface area contributed by atoms with Gasteiger partial charge in [-0.2, -0.15) is 4.99 Å². The summed E-state index contributed by atoms with van der Waals surface area (Å²) in [5, 5.41) is 2.84. The normalized spacial score (nSPS) is 11.5. The van der Waals surface area contributed by atoms with Gasteiger partial charge >= 0.3 is 6.03 Å². The van der Waals surface area contributed by atoms with Crippen LogP contribution >= 0.6 is 0 Å². The summed E-state index contributed by atoms with van der Waals surface area (Å²) >= 11 is 0. The number of nitrogens with one attached hydrogen (secondary N) is 1. The van der Waals surface area contributed by atoms with Gasteiger partial charge in [0.05, 0.1) is 6.04 Å². The summed E-state index contributed by atoms with van der Waals surface area (Å²) in [6.45, 7) is 2.00. The molecule has 0 saturated heterocycles. The van der Waals surface area contributed by atoms with Gasteiger partial charge in [0.25, 0.3) is 0 Å². The molecule has 2 amide bonds. The maximum atomic E-state index is 11.9. The van der Waals surface area contributed by atoms with Crippen molar-refractivity contribution in [2.45, 2.75) is 13.0 Å². The zero-order chi connectivity index (χ0) is 15.2. The highest BCUT2D eigenvalue weighted by Crippen LogP contribution is 2.24. The molecule has 108 valence electrons. The fourth-order valence-corrected chi connectivity index (χ4v) is 2.17. The lowest BCUT2D eigenvalue weighted by atomic mass is 9.95. The quantitative estimate of drug-likeness (QED) is 0.594. The highest BCUT2D eigenvalue weighted by molar-refractivity contribution is 5.90. The van der Waals surface area contributed by atoms with Crippen LogP contribution in [0, 0.1) is 6.92 Å². The molecule has 5 N–H and O–H groups in total. The van der Waals surface area contributed by atoms with Gasteiger partial charge in [0.2, 0.25) is 0 Å². The number of guanidine groups is 1. The summed E-state index contributed by atoms with van der Waals surface area (Å²) < 4.78 is 0. The van der Waals surface area contributed by atoms with Crippen molar-refractivity contribution >= 4 is 12.0 Å². The first-order chi connectivity index (χ1) is 10.1. The van der Waals surface area contributed by atoms with Crippen LogP contribution in [0.3, 0.4) is 0 Å². The summed E-state index contributed by atoms with van der Waals surface area (Å²) in [6.07, 6.45) is 0. The molecule has 1 unspecified atom stereocenters. The smallest absolute Gasteiger partial charge is 0.344 e. The van der Waals surface area contributed by atoms with Crippen LogP contribution in [0.1, 0.15) is 22.7 Å². The summed E-state index contributed by atoms with van der Waals surface area (Å²) in [7, 11) is 0. The first-order valence-corrected chi connectivity index (χ1v) is 6.58. The van der Waals surface area contributed by atoms with Crippen molar-refractivity contribution in [3.8, 4) is 0 Å². The molecule has 5 heteroatoms. The second kappa shape index (κ2) is 6.56. The van der Waals surface area contributed by atoms with E-state index >= 15 is 0 Å². The van der Waals surface area contributed by atoms with Crippen LogP contribution in [0.4, 0.5) is 4.79 Å². The van der Waals surface area contributed by atoms with Crippen LogP contribution in [0.15, 0.2) is 59.6 Å². The average molecular weight is 282 g/mol. The van der Waals surface area contributed by atoms with E-state index in [0.717, 1.165) is 16.7 Å². The van der Waals surface area contributed by atoms with E-state index in [2.05, 4.69) is 10.3 Å². The number of amides is 2. The summed E-state index contributed by atoms with van der Waals surface area (Å²) in [5.41, 5.74) is 13.5. The molecule has 0 aliphatic rings. The number of carbonyl (C=O) groups is 1. The Balaban J connectivity index is 2.39. The first-order valence-electron chi connectivity index (χ1n) is 6.58. The molecule has 0 aliphatic heterocycles. The Labute approximate surface area is 123 Å². The number of aliphatic imine (C=N–C) groups is 1. The molecule has 2 rings (SSSR count). The van der Waals surface area contributed by atoms with Crippen LogP contribution in [0.2, 0.25) is 0 Å². The zero-order valence-electron chi connectivity index (χ0n) is 11.8. The highest BCUT2D eigenvalue weighted by atomic mass is 16.2. The van der Waals surface area contributed by atoms with E-state index in [1.165, 1.54) is 0 Å². The Kier molecular flexibility index (Phi) is 4.56. The number of rotatable bonds is 3. The third-order valence-corrected chi connectivity index (χ3v) is 3.13. The highest BCUT2D eigenvalue weighted by Gasteiger charge is 2.18. The molecule has 0 aromatic heterocycles. The molecule has 2 aromatic carbocycles. The van der Waals surface area contributed by atoms with Crippen molar-refractivity contribution in [2.75, 3.05) is 0 Å². The molecule has 0 fully saturated rings. The fraction of sp³-hybridized carbons (Fsp3) is 0.125. The predicted molar refractivity (Wildman–Crippen MR) is 83.8 cm³/mol. The Hall–Kier alpha value is -2.82. The van der Waals surface area contributed by atoms with Crippen LogP contribution < -0.4 is 16.8 Å². The molecule has 0 heterocycles. The van der Waals surface area contributed by atoms with E-state index in [0.29, 0.717) is 0 Å². The number of hydrogen-bond acceptors (Lipinski definition) is 1. The lowest BCUT2D eigenvalue weighted by Crippen LogP contribution is -2.31. The molecule has 0 saturated carbocycles. The number of hydrogen-bond donors (Lipinski definition) is 3. The molecule has 0 aliphatic carbocycles. The Morgan fingerprint density at radius 3 is 2.29 bits per heavy atom. The molecule has 1 atom stereocenters. The second-order valence-corrected chi connectivity index (χ2v) is 4.69. The van der Waals surface area contributed by atoms with Crippen LogP contribution in [0.25, 0.3) is 0 Å². The molecule has 21 heavy (non-hydrogen) atoms. The van der Waals surface area contributed by atoms with Gasteiger partial charge in [0.15, 0.2) is 5.96 Å². The fourth-order valence-electron chi connectivity index (χ4n) is 2.17. The minimum atomic E-state index is -0.563. The van der Waals surface area contributed by atoms with Crippen molar-refractivity contribution in [2.24, 2.45) is 16.5 Å². The third kappa shape index (κ3) is 3.82. The number of carbonyl (C=O) groups excluding carboxylic acids is 1. The van der Waals surface area contributed by atoms with Gasteiger partial charge in [-0.25, -0.2) is 4.79 Å².